The van der Waals surface area contributed by atoms with E-state index in [9.17, 15) is 18.0 Å². The standard InChI is InChI=1S/C15H12N2O4S/c1-22(20,21)17-13-10-6-5-9-12(13)16(15(17)19)14(18)11-7-3-2-4-8-11/h2-10H,1H3. The van der Waals surface area contributed by atoms with Crippen molar-refractivity contribution in [2.45, 2.75) is 0 Å². The van der Waals surface area contributed by atoms with Crippen LogP contribution in [0.4, 0.5) is 0 Å². The molecule has 2 aromatic carbocycles. The van der Waals surface area contributed by atoms with E-state index in [2.05, 4.69) is 0 Å². The predicted octanol–water partition coefficient (Wildman–Crippen LogP) is 1.30. The van der Waals surface area contributed by atoms with Crippen molar-refractivity contribution < 1.29 is 13.2 Å². The zero-order chi connectivity index (χ0) is 15.9. The van der Waals surface area contributed by atoms with Crippen molar-refractivity contribution in [3.05, 3.63) is 70.6 Å². The molecular formula is C15H12N2O4S. The van der Waals surface area contributed by atoms with Gasteiger partial charge in [0.1, 0.15) is 0 Å². The normalized spacial score (nSPS) is 11.7. The summed E-state index contributed by atoms with van der Waals surface area (Å²) in [6.45, 7) is 0. The number of carbonyl (C=O) groups excluding carboxylic acids is 1. The van der Waals surface area contributed by atoms with Crippen molar-refractivity contribution in [2.75, 3.05) is 6.26 Å². The van der Waals surface area contributed by atoms with E-state index in [0.29, 0.717) is 9.54 Å². The maximum atomic E-state index is 12.6. The molecule has 0 aliphatic rings. The maximum absolute atomic E-state index is 12.6. The summed E-state index contributed by atoms with van der Waals surface area (Å²) in [6.07, 6.45) is 0.929. The number of benzene rings is 2. The SMILES string of the molecule is CS(=O)(=O)n1c(=O)n(C(=O)c2ccccc2)c2ccccc21. The molecule has 0 radical (unpaired) electrons. The second-order valence-electron chi connectivity index (χ2n) is 4.81. The number of imidazole rings is 1. The van der Waals surface area contributed by atoms with Gasteiger partial charge < -0.3 is 0 Å². The molecule has 0 unspecified atom stereocenters. The first kappa shape index (κ1) is 14.3. The average molecular weight is 316 g/mol. The van der Waals surface area contributed by atoms with Crippen molar-refractivity contribution in [3.8, 4) is 0 Å². The van der Waals surface area contributed by atoms with Crippen LogP contribution >= 0.6 is 0 Å². The third kappa shape index (κ3) is 2.15. The van der Waals surface area contributed by atoms with Gasteiger partial charge in [0.2, 0.25) is 10.0 Å². The number of hydrogen-bond donors (Lipinski definition) is 0. The van der Waals surface area contributed by atoms with Crippen molar-refractivity contribution in [1.82, 2.24) is 8.54 Å². The van der Waals surface area contributed by atoms with E-state index in [-0.39, 0.29) is 11.0 Å². The molecule has 22 heavy (non-hydrogen) atoms. The van der Waals surface area contributed by atoms with Crippen LogP contribution in [0, 0.1) is 0 Å². The summed E-state index contributed by atoms with van der Waals surface area (Å²) in [4.78, 5) is 25.1. The van der Waals surface area contributed by atoms with E-state index >= 15 is 0 Å². The summed E-state index contributed by atoms with van der Waals surface area (Å²) in [5.41, 5.74) is -0.149. The summed E-state index contributed by atoms with van der Waals surface area (Å²) >= 11 is 0. The molecule has 0 N–H and O–H groups in total. The quantitative estimate of drug-likeness (QED) is 0.714. The molecular weight excluding hydrogens is 304 g/mol. The van der Waals surface area contributed by atoms with Gasteiger partial charge in [0.25, 0.3) is 5.91 Å². The Balaban J connectivity index is 2.39. The number of rotatable bonds is 2. The van der Waals surface area contributed by atoms with Crippen LogP contribution in [-0.4, -0.2) is 29.1 Å². The van der Waals surface area contributed by atoms with Crippen LogP contribution in [0.1, 0.15) is 10.4 Å². The lowest BCUT2D eigenvalue weighted by molar-refractivity contribution is 0.0961. The second-order valence-corrected chi connectivity index (χ2v) is 6.64. The van der Waals surface area contributed by atoms with Crippen molar-refractivity contribution in [1.29, 1.82) is 0 Å². The van der Waals surface area contributed by atoms with Gasteiger partial charge in [-0.1, -0.05) is 30.3 Å². The molecule has 0 atom stereocenters. The topological polar surface area (TPSA) is 78.1 Å². The fourth-order valence-corrected chi connectivity index (χ4v) is 3.23. The van der Waals surface area contributed by atoms with E-state index in [4.69, 9.17) is 0 Å². The van der Waals surface area contributed by atoms with Crippen LogP contribution < -0.4 is 5.69 Å². The van der Waals surface area contributed by atoms with Gasteiger partial charge in [0, 0.05) is 5.56 Å². The average Bonchev–Trinajstić information content (AvgIpc) is 2.79. The van der Waals surface area contributed by atoms with Gasteiger partial charge in [-0.05, 0) is 24.3 Å². The molecule has 7 heteroatoms. The molecule has 0 aliphatic heterocycles. The Morgan fingerprint density at radius 1 is 0.909 bits per heavy atom. The van der Waals surface area contributed by atoms with Gasteiger partial charge in [-0.25, -0.2) is 17.8 Å². The van der Waals surface area contributed by atoms with Crippen LogP contribution in [0.15, 0.2) is 59.4 Å². The van der Waals surface area contributed by atoms with Crippen LogP contribution in [0.5, 0.6) is 0 Å². The maximum Gasteiger partial charge on any atom is 0.350 e. The molecule has 0 fully saturated rings. The third-order valence-electron chi connectivity index (χ3n) is 3.26. The third-order valence-corrected chi connectivity index (χ3v) is 4.28. The van der Waals surface area contributed by atoms with Crippen LogP contribution in [0.3, 0.4) is 0 Å². The van der Waals surface area contributed by atoms with E-state index < -0.39 is 21.6 Å². The minimum Gasteiger partial charge on any atom is -0.268 e. The fraction of sp³-hybridized carbons (Fsp3) is 0.0667. The van der Waals surface area contributed by atoms with Crippen molar-refractivity contribution in [2.24, 2.45) is 0 Å². The molecule has 0 spiro atoms. The minimum atomic E-state index is -3.82. The summed E-state index contributed by atoms with van der Waals surface area (Å²) in [5, 5.41) is 0. The van der Waals surface area contributed by atoms with Crippen LogP contribution in [0.2, 0.25) is 0 Å². The van der Waals surface area contributed by atoms with E-state index in [0.717, 1.165) is 10.8 Å². The molecule has 6 nitrogen and oxygen atoms in total. The first-order valence-electron chi connectivity index (χ1n) is 6.44. The Bertz CT molecular complexity index is 1030. The van der Waals surface area contributed by atoms with Crippen LogP contribution in [0.25, 0.3) is 11.0 Å². The first-order valence-corrected chi connectivity index (χ1v) is 8.29. The summed E-state index contributed by atoms with van der Waals surface area (Å²) < 4.78 is 25.3. The Hall–Kier alpha value is -2.67. The second kappa shape index (κ2) is 4.96. The van der Waals surface area contributed by atoms with Gasteiger partial charge in [-0.3, -0.25) is 4.79 Å². The van der Waals surface area contributed by atoms with E-state index in [1.165, 1.54) is 6.07 Å². The predicted molar refractivity (Wildman–Crippen MR) is 82.6 cm³/mol. The van der Waals surface area contributed by atoms with Gasteiger partial charge in [-0.2, -0.15) is 3.97 Å². The van der Waals surface area contributed by atoms with Gasteiger partial charge in [0.05, 0.1) is 17.3 Å². The highest BCUT2D eigenvalue weighted by molar-refractivity contribution is 7.89. The lowest BCUT2D eigenvalue weighted by Crippen LogP contribution is -2.32. The monoisotopic (exact) mass is 316 g/mol. The Kier molecular flexibility index (Phi) is 3.22. The highest BCUT2D eigenvalue weighted by Crippen LogP contribution is 2.15. The largest absolute Gasteiger partial charge is 0.350 e. The summed E-state index contributed by atoms with van der Waals surface area (Å²) in [7, 11) is -3.82. The molecule has 0 amide bonds. The molecule has 0 saturated carbocycles. The fourth-order valence-electron chi connectivity index (χ4n) is 2.35. The van der Waals surface area contributed by atoms with Gasteiger partial charge in [-0.15, -0.1) is 0 Å². The highest BCUT2D eigenvalue weighted by atomic mass is 32.2. The van der Waals surface area contributed by atoms with Crippen molar-refractivity contribution in [3.63, 3.8) is 0 Å². The molecule has 1 heterocycles. The molecule has 0 saturated heterocycles. The minimum absolute atomic E-state index is 0.180. The molecule has 3 rings (SSSR count). The molecule has 0 bridgehead atoms. The number of carbonyl (C=O) groups is 1. The number of nitrogens with zero attached hydrogens (tertiary/aromatic N) is 2. The van der Waals surface area contributed by atoms with Crippen LogP contribution in [-0.2, 0) is 10.0 Å². The molecule has 0 aliphatic carbocycles. The summed E-state index contributed by atoms with van der Waals surface area (Å²) in [6, 6.07) is 14.5. The molecule has 3 aromatic rings. The van der Waals surface area contributed by atoms with E-state index in [1.807, 2.05) is 0 Å². The highest BCUT2D eigenvalue weighted by Gasteiger charge is 2.23. The molecule has 112 valence electrons. The lowest BCUT2D eigenvalue weighted by atomic mass is 10.2. The zero-order valence-electron chi connectivity index (χ0n) is 11.6. The Morgan fingerprint density at radius 2 is 1.45 bits per heavy atom. The molecule has 1 aromatic heterocycles. The number of fused-ring (bicyclic) bond motifs is 1. The van der Waals surface area contributed by atoms with Crippen molar-refractivity contribution >= 4 is 27.0 Å². The first-order chi connectivity index (χ1) is 10.4. The van der Waals surface area contributed by atoms with Gasteiger partial charge in [0.15, 0.2) is 0 Å². The Labute approximate surface area is 126 Å². The lowest BCUT2D eigenvalue weighted by Gasteiger charge is -2.01. The Morgan fingerprint density at radius 3 is 2.05 bits per heavy atom. The zero-order valence-corrected chi connectivity index (χ0v) is 12.4. The van der Waals surface area contributed by atoms with E-state index in [1.54, 1.807) is 48.5 Å². The number of aromatic nitrogens is 2. The smallest absolute Gasteiger partial charge is 0.268 e. The van der Waals surface area contributed by atoms with Gasteiger partial charge >= 0.3 is 5.69 Å². The number of para-hydroxylation sites is 2. The number of hydrogen-bond acceptors (Lipinski definition) is 4. The summed E-state index contributed by atoms with van der Waals surface area (Å²) in [5.74, 6) is -0.566.